The Morgan fingerprint density at radius 1 is 1.33 bits per heavy atom. The number of allylic oxidation sites excluding steroid dienone is 1. The smallest absolute Gasteiger partial charge is 0.338 e. The molecule has 1 amide bonds. The molecule has 1 aromatic rings. The van der Waals surface area contributed by atoms with Crippen LogP contribution in [-0.2, 0) is 14.3 Å². The molecule has 24 heavy (non-hydrogen) atoms. The number of ether oxygens (including phenoxy) is 1. The number of benzene rings is 1. The van der Waals surface area contributed by atoms with Crippen LogP contribution in [0.25, 0.3) is 0 Å². The average Bonchev–Trinajstić information content (AvgIpc) is 2.87. The van der Waals surface area contributed by atoms with Gasteiger partial charge in [-0.1, -0.05) is 23.9 Å². The normalized spacial score (nSPS) is 23.2. The van der Waals surface area contributed by atoms with Gasteiger partial charge in [-0.15, -0.1) is 11.8 Å². The van der Waals surface area contributed by atoms with Crippen molar-refractivity contribution >= 4 is 40.6 Å². The Morgan fingerprint density at radius 2 is 2.00 bits per heavy atom. The van der Waals surface area contributed by atoms with Gasteiger partial charge in [-0.2, -0.15) is 0 Å². The molecule has 7 heteroatoms. The summed E-state index contributed by atoms with van der Waals surface area (Å²) >= 11 is 3.07. The zero-order valence-electron chi connectivity index (χ0n) is 13.9. The number of carbonyl (C=O) groups is 2. The van der Waals surface area contributed by atoms with Crippen molar-refractivity contribution in [3.63, 3.8) is 0 Å². The van der Waals surface area contributed by atoms with Crippen LogP contribution in [0.1, 0.15) is 25.5 Å². The maximum Gasteiger partial charge on any atom is 0.338 e. The molecule has 2 heterocycles. The van der Waals surface area contributed by atoms with Gasteiger partial charge in [0.2, 0.25) is 5.91 Å². The van der Waals surface area contributed by atoms with Gasteiger partial charge in [-0.3, -0.25) is 9.69 Å². The van der Waals surface area contributed by atoms with Gasteiger partial charge in [0, 0.05) is 4.90 Å². The molecule has 0 unspecified atom stereocenters. The van der Waals surface area contributed by atoms with E-state index in [1.807, 2.05) is 37.4 Å². The van der Waals surface area contributed by atoms with Crippen molar-refractivity contribution < 1.29 is 14.3 Å². The Kier molecular flexibility index (Phi) is 4.73. The second-order valence-corrected chi connectivity index (χ2v) is 7.72. The number of carbonyl (C=O) groups excluding carboxylic acids is 2. The van der Waals surface area contributed by atoms with Crippen molar-refractivity contribution in [3.05, 3.63) is 41.1 Å². The molecule has 0 spiro atoms. The monoisotopic (exact) mass is 362 g/mol. The van der Waals surface area contributed by atoms with Crippen LogP contribution in [0.2, 0.25) is 0 Å². The predicted octanol–water partition coefficient (Wildman–Crippen LogP) is 3.23. The van der Waals surface area contributed by atoms with E-state index in [1.165, 1.54) is 18.9 Å². The number of rotatable bonds is 3. The van der Waals surface area contributed by atoms with E-state index in [9.17, 15) is 9.59 Å². The molecule has 2 atom stereocenters. The number of thioether (sulfide) groups is 2. The van der Waals surface area contributed by atoms with Crippen LogP contribution in [0.5, 0.6) is 0 Å². The van der Waals surface area contributed by atoms with Crippen LogP contribution in [0, 0.1) is 0 Å². The van der Waals surface area contributed by atoms with Gasteiger partial charge in [-0.05, 0) is 37.8 Å². The van der Waals surface area contributed by atoms with E-state index in [0.29, 0.717) is 16.4 Å². The molecule has 5 nitrogen and oxygen atoms in total. The lowest BCUT2D eigenvalue weighted by atomic mass is 9.94. The summed E-state index contributed by atoms with van der Waals surface area (Å²) in [6.45, 7) is 3.64. The van der Waals surface area contributed by atoms with Gasteiger partial charge in [0.15, 0.2) is 5.17 Å². The summed E-state index contributed by atoms with van der Waals surface area (Å²) in [6.07, 6.45) is 2.01. The van der Waals surface area contributed by atoms with Crippen molar-refractivity contribution in [2.24, 2.45) is 4.99 Å². The highest BCUT2D eigenvalue weighted by atomic mass is 32.2. The van der Waals surface area contributed by atoms with E-state index in [1.54, 1.807) is 23.6 Å². The Morgan fingerprint density at radius 3 is 2.58 bits per heavy atom. The SMILES string of the molecule is COC(=O)C1=C(C)N=C2S[C@H](C)C(=O)N2[C@@H]1c1ccc(SC)cc1. The molecular formula is C17H18N2O3S2. The quantitative estimate of drug-likeness (QED) is 0.610. The average molecular weight is 362 g/mol. The molecule has 0 aliphatic carbocycles. The fraction of sp³-hybridized carbons (Fsp3) is 0.353. The van der Waals surface area contributed by atoms with Gasteiger partial charge >= 0.3 is 5.97 Å². The van der Waals surface area contributed by atoms with Crippen LogP contribution >= 0.6 is 23.5 Å². The zero-order chi connectivity index (χ0) is 17.4. The van der Waals surface area contributed by atoms with E-state index in [-0.39, 0.29) is 11.2 Å². The first-order valence-corrected chi connectivity index (χ1v) is 9.59. The lowest BCUT2D eigenvalue weighted by Crippen LogP contribution is -2.40. The lowest BCUT2D eigenvalue weighted by molar-refractivity contribution is -0.137. The molecule has 1 saturated heterocycles. The van der Waals surface area contributed by atoms with Crippen molar-refractivity contribution in [1.82, 2.24) is 4.90 Å². The summed E-state index contributed by atoms with van der Waals surface area (Å²) in [7, 11) is 1.35. The van der Waals surface area contributed by atoms with Crippen molar-refractivity contribution in [3.8, 4) is 0 Å². The number of amides is 1. The van der Waals surface area contributed by atoms with Gasteiger partial charge in [0.25, 0.3) is 0 Å². The highest BCUT2D eigenvalue weighted by Gasteiger charge is 2.46. The van der Waals surface area contributed by atoms with Crippen molar-refractivity contribution in [1.29, 1.82) is 0 Å². The summed E-state index contributed by atoms with van der Waals surface area (Å²) < 4.78 is 4.95. The highest BCUT2D eigenvalue weighted by molar-refractivity contribution is 8.15. The van der Waals surface area contributed by atoms with Gasteiger partial charge in [-0.25, -0.2) is 9.79 Å². The number of amidine groups is 1. The Hall–Kier alpha value is -1.73. The van der Waals surface area contributed by atoms with Gasteiger partial charge < -0.3 is 4.74 Å². The van der Waals surface area contributed by atoms with E-state index in [4.69, 9.17) is 4.74 Å². The Bertz CT molecular complexity index is 756. The largest absolute Gasteiger partial charge is 0.466 e. The third kappa shape index (κ3) is 2.75. The summed E-state index contributed by atoms with van der Waals surface area (Å²) in [5.41, 5.74) is 1.89. The van der Waals surface area contributed by atoms with Gasteiger partial charge in [0.05, 0.1) is 29.7 Å². The standard InChI is InChI=1S/C17H18N2O3S2/c1-9-13(16(21)22-3)14(11-5-7-12(23-4)8-6-11)19-15(20)10(2)24-17(19)18-9/h5-8,10,14H,1-4H3/t10-,14-/m1/s1. The minimum absolute atomic E-state index is 0.0356. The molecule has 3 rings (SSSR count). The van der Waals surface area contributed by atoms with Crippen LogP contribution in [0.15, 0.2) is 45.4 Å². The van der Waals surface area contributed by atoms with Crippen LogP contribution in [-0.4, -0.2) is 40.6 Å². The van der Waals surface area contributed by atoms with E-state index in [0.717, 1.165) is 10.5 Å². The number of nitrogens with zero attached hydrogens (tertiary/aromatic N) is 2. The van der Waals surface area contributed by atoms with Crippen LogP contribution < -0.4 is 0 Å². The first-order chi connectivity index (χ1) is 11.5. The van der Waals surface area contributed by atoms with E-state index >= 15 is 0 Å². The first-order valence-electron chi connectivity index (χ1n) is 7.49. The minimum atomic E-state index is -0.495. The second kappa shape index (κ2) is 6.64. The fourth-order valence-corrected chi connectivity index (χ4v) is 4.31. The molecule has 1 aromatic carbocycles. The van der Waals surface area contributed by atoms with Crippen LogP contribution in [0.4, 0.5) is 0 Å². The molecule has 0 N–H and O–H groups in total. The third-order valence-electron chi connectivity index (χ3n) is 4.10. The molecule has 1 fully saturated rings. The summed E-state index contributed by atoms with van der Waals surface area (Å²) in [5, 5.41) is 0.443. The van der Waals surface area contributed by atoms with Crippen LogP contribution in [0.3, 0.4) is 0 Å². The highest BCUT2D eigenvalue weighted by Crippen LogP contribution is 2.43. The number of esters is 1. The maximum atomic E-state index is 12.7. The number of hydrogen-bond donors (Lipinski definition) is 0. The molecular weight excluding hydrogens is 344 g/mol. The number of hydrogen-bond acceptors (Lipinski definition) is 6. The molecule has 0 aromatic heterocycles. The molecule has 0 bridgehead atoms. The molecule has 126 valence electrons. The topological polar surface area (TPSA) is 59.0 Å². The van der Waals surface area contributed by atoms with E-state index < -0.39 is 12.0 Å². The first kappa shape index (κ1) is 17.1. The molecule has 2 aliphatic rings. The van der Waals surface area contributed by atoms with Crippen molar-refractivity contribution in [2.75, 3.05) is 13.4 Å². The molecule has 0 saturated carbocycles. The lowest BCUT2D eigenvalue weighted by Gasteiger charge is -2.32. The Balaban J connectivity index is 2.14. The minimum Gasteiger partial charge on any atom is -0.466 e. The number of fused-ring (bicyclic) bond motifs is 1. The summed E-state index contributed by atoms with van der Waals surface area (Å²) in [5.74, 6) is -0.488. The number of methoxy groups -OCH3 is 1. The Labute approximate surface area is 149 Å². The second-order valence-electron chi connectivity index (χ2n) is 5.53. The maximum absolute atomic E-state index is 12.7. The summed E-state index contributed by atoms with van der Waals surface area (Å²) in [6, 6.07) is 7.40. The number of aliphatic imine (C=N–C) groups is 1. The fourth-order valence-electron chi connectivity index (χ4n) is 2.88. The van der Waals surface area contributed by atoms with Gasteiger partial charge in [0.1, 0.15) is 0 Å². The predicted molar refractivity (Wildman–Crippen MR) is 97.0 cm³/mol. The third-order valence-corrected chi connectivity index (χ3v) is 5.89. The molecule has 0 radical (unpaired) electrons. The van der Waals surface area contributed by atoms with Crippen molar-refractivity contribution in [2.45, 2.75) is 30.0 Å². The van der Waals surface area contributed by atoms with E-state index in [2.05, 4.69) is 4.99 Å². The summed E-state index contributed by atoms with van der Waals surface area (Å²) in [4.78, 5) is 32.2. The molecule has 2 aliphatic heterocycles. The zero-order valence-corrected chi connectivity index (χ0v) is 15.5.